The van der Waals surface area contributed by atoms with E-state index in [2.05, 4.69) is 49.3 Å². The van der Waals surface area contributed by atoms with Crippen LogP contribution < -0.4 is 5.32 Å². The third kappa shape index (κ3) is 2.97. The van der Waals surface area contributed by atoms with Crippen LogP contribution in [0.5, 0.6) is 0 Å². The van der Waals surface area contributed by atoms with E-state index in [0.29, 0.717) is 12.5 Å². The molecular formula is C17H25N3O. The number of hydrogen-bond acceptors (Lipinski definition) is 3. The Balaban J connectivity index is 1.78. The first-order chi connectivity index (χ1) is 10.0. The normalized spacial score (nSPS) is 26.8. The molecule has 0 radical (unpaired) electrons. The molecule has 3 rings (SSSR count). The minimum Gasteiger partial charge on any atom is -0.321 e. The molecule has 0 saturated carbocycles. The number of hydrogen-bond donors (Lipinski definition) is 1. The summed E-state index contributed by atoms with van der Waals surface area (Å²) in [5.74, 6) is 0.835. The zero-order chi connectivity index (χ0) is 15.0. The highest BCUT2D eigenvalue weighted by Crippen LogP contribution is 2.28. The Bertz CT molecular complexity index is 543. The number of likely N-dealkylation sites (tertiary alicyclic amines) is 1. The third-order valence-corrected chi connectivity index (χ3v) is 4.74. The van der Waals surface area contributed by atoms with Gasteiger partial charge in [-0.25, -0.2) is 0 Å². The molecular weight excluding hydrogens is 262 g/mol. The van der Waals surface area contributed by atoms with Crippen LogP contribution in [0.2, 0.25) is 0 Å². The van der Waals surface area contributed by atoms with Crippen LogP contribution in [0.3, 0.4) is 0 Å². The maximum absolute atomic E-state index is 12.3. The maximum atomic E-state index is 12.3. The van der Waals surface area contributed by atoms with E-state index in [4.69, 9.17) is 0 Å². The summed E-state index contributed by atoms with van der Waals surface area (Å²) < 4.78 is 0. The van der Waals surface area contributed by atoms with Crippen molar-refractivity contribution < 1.29 is 4.79 Å². The van der Waals surface area contributed by atoms with Gasteiger partial charge in [-0.2, -0.15) is 0 Å². The molecule has 4 heteroatoms. The molecule has 0 bridgehead atoms. The lowest BCUT2D eigenvalue weighted by molar-refractivity contribution is -0.128. The van der Waals surface area contributed by atoms with Crippen LogP contribution in [0.25, 0.3) is 0 Å². The molecule has 21 heavy (non-hydrogen) atoms. The van der Waals surface area contributed by atoms with Gasteiger partial charge in [0, 0.05) is 13.1 Å². The maximum Gasteiger partial charge on any atom is 0.238 e. The van der Waals surface area contributed by atoms with Crippen LogP contribution in [-0.2, 0) is 4.79 Å². The van der Waals surface area contributed by atoms with Gasteiger partial charge in [0.05, 0.1) is 6.54 Å². The lowest BCUT2D eigenvalue weighted by Gasteiger charge is -2.28. The van der Waals surface area contributed by atoms with Gasteiger partial charge < -0.3 is 9.80 Å². The minimum absolute atomic E-state index is 0.0454. The molecule has 2 fully saturated rings. The van der Waals surface area contributed by atoms with Crippen molar-refractivity contribution in [1.29, 1.82) is 0 Å². The van der Waals surface area contributed by atoms with E-state index >= 15 is 0 Å². The fourth-order valence-electron chi connectivity index (χ4n) is 3.61. The first-order valence-electron chi connectivity index (χ1n) is 7.83. The predicted molar refractivity (Wildman–Crippen MR) is 84.0 cm³/mol. The van der Waals surface area contributed by atoms with Crippen LogP contribution in [0, 0.1) is 19.8 Å². The van der Waals surface area contributed by atoms with Crippen molar-refractivity contribution in [2.24, 2.45) is 5.92 Å². The summed E-state index contributed by atoms with van der Waals surface area (Å²) in [6.07, 6.45) is 1.24. The smallest absolute Gasteiger partial charge is 0.238 e. The van der Waals surface area contributed by atoms with Gasteiger partial charge in [0.1, 0.15) is 6.17 Å². The second-order valence-corrected chi connectivity index (χ2v) is 6.61. The van der Waals surface area contributed by atoms with Gasteiger partial charge in [-0.05, 0) is 50.9 Å². The van der Waals surface area contributed by atoms with Crippen LogP contribution in [0.15, 0.2) is 18.2 Å². The molecule has 2 aliphatic rings. The van der Waals surface area contributed by atoms with Crippen molar-refractivity contribution in [2.45, 2.75) is 26.4 Å². The Labute approximate surface area is 127 Å². The van der Waals surface area contributed by atoms with Gasteiger partial charge in [0.25, 0.3) is 0 Å². The first-order valence-corrected chi connectivity index (χ1v) is 7.83. The molecule has 114 valence electrons. The number of carbonyl (C=O) groups is 1. The molecule has 2 heterocycles. The van der Waals surface area contributed by atoms with Gasteiger partial charge in [-0.15, -0.1) is 0 Å². The van der Waals surface area contributed by atoms with Gasteiger partial charge in [-0.1, -0.05) is 23.8 Å². The van der Waals surface area contributed by atoms with E-state index in [-0.39, 0.29) is 12.1 Å². The van der Waals surface area contributed by atoms with Crippen molar-refractivity contribution in [3.8, 4) is 0 Å². The van der Waals surface area contributed by atoms with E-state index in [1.807, 2.05) is 4.90 Å². The molecule has 1 N–H and O–H groups in total. The van der Waals surface area contributed by atoms with Crippen molar-refractivity contribution in [3.05, 3.63) is 34.9 Å². The SMILES string of the molecule is Cc1ccc(C2NCC(=O)N2CC2CCN(C)C2)c(C)c1. The summed E-state index contributed by atoms with van der Waals surface area (Å²) in [5.41, 5.74) is 3.76. The number of carbonyl (C=O) groups excluding carboxylic acids is 1. The van der Waals surface area contributed by atoms with Crippen molar-refractivity contribution >= 4 is 5.91 Å². The Morgan fingerprint density at radius 2 is 2.14 bits per heavy atom. The Kier molecular flexibility index (Phi) is 4.00. The average molecular weight is 287 g/mol. The molecule has 0 spiro atoms. The number of nitrogens with zero attached hydrogens (tertiary/aromatic N) is 2. The Morgan fingerprint density at radius 1 is 1.33 bits per heavy atom. The van der Waals surface area contributed by atoms with Gasteiger partial charge in [0.15, 0.2) is 0 Å². The van der Waals surface area contributed by atoms with Gasteiger partial charge in [0.2, 0.25) is 5.91 Å². The number of rotatable bonds is 3. The molecule has 1 aromatic carbocycles. The molecule has 2 atom stereocenters. The van der Waals surface area contributed by atoms with Crippen LogP contribution in [0.4, 0.5) is 0 Å². The van der Waals surface area contributed by atoms with E-state index in [1.165, 1.54) is 23.1 Å². The minimum atomic E-state index is 0.0454. The molecule has 1 aromatic rings. The van der Waals surface area contributed by atoms with Crippen LogP contribution >= 0.6 is 0 Å². The van der Waals surface area contributed by atoms with Crippen LogP contribution in [-0.4, -0.2) is 48.9 Å². The number of aryl methyl sites for hydroxylation is 2. The number of amides is 1. The van der Waals surface area contributed by atoms with Gasteiger partial charge in [-0.3, -0.25) is 10.1 Å². The first kappa shape index (κ1) is 14.5. The summed E-state index contributed by atoms with van der Waals surface area (Å²) in [7, 11) is 2.16. The molecule has 4 nitrogen and oxygen atoms in total. The molecule has 0 aromatic heterocycles. The summed E-state index contributed by atoms with van der Waals surface area (Å²) in [5, 5.41) is 3.38. The molecule has 1 amide bonds. The molecule has 2 aliphatic heterocycles. The molecule has 2 saturated heterocycles. The summed E-state index contributed by atoms with van der Waals surface area (Å²) in [4.78, 5) is 16.7. The Hall–Kier alpha value is -1.39. The van der Waals surface area contributed by atoms with Crippen molar-refractivity contribution in [3.63, 3.8) is 0 Å². The standard InChI is InChI=1S/C17H25N3O/c1-12-4-5-15(13(2)8-12)17-18-9-16(21)20(17)11-14-6-7-19(3)10-14/h4-5,8,14,17-18H,6-7,9-11H2,1-3H3. The largest absolute Gasteiger partial charge is 0.321 e. The average Bonchev–Trinajstić information content (AvgIpc) is 2.99. The fraction of sp³-hybridized carbons (Fsp3) is 0.588. The highest BCUT2D eigenvalue weighted by molar-refractivity contribution is 5.81. The van der Waals surface area contributed by atoms with E-state index in [1.54, 1.807) is 0 Å². The summed E-state index contributed by atoms with van der Waals surface area (Å²) in [6, 6.07) is 6.49. The molecule has 2 unspecified atom stereocenters. The van der Waals surface area contributed by atoms with E-state index in [0.717, 1.165) is 19.6 Å². The topological polar surface area (TPSA) is 35.6 Å². The second-order valence-electron chi connectivity index (χ2n) is 6.61. The molecule has 0 aliphatic carbocycles. The number of nitrogens with one attached hydrogen (secondary N) is 1. The summed E-state index contributed by atoms with van der Waals surface area (Å²) >= 11 is 0. The number of benzene rings is 1. The highest BCUT2D eigenvalue weighted by atomic mass is 16.2. The van der Waals surface area contributed by atoms with E-state index < -0.39 is 0 Å². The van der Waals surface area contributed by atoms with Crippen molar-refractivity contribution in [2.75, 3.05) is 33.2 Å². The Morgan fingerprint density at radius 3 is 2.81 bits per heavy atom. The highest BCUT2D eigenvalue weighted by Gasteiger charge is 2.35. The second kappa shape index (κ2) is 5.78. The monoisotopic (exact) mass is 287 g/mol. The van der Waals surface area contributed by atoms with Gasteiger partial charge >= 0.3 is 0 Å². The lowest BCUT2D eigenvalue weighted by atomic mass is 10.0. The van der Waals surface area contributed by atoms with Crippen molar-refractivity contribution in [1.82, 2.24) is 15.1 Å². The zero-order valence-corrected chi connectivity index (χ0v) is 13.2. The third-order valence-electron chi connectivity index (χ3n) is 4.74. The van der Waals surface area contributed by atoms with Crippen LogP contribution in [0.1, 0.15) is 29.3 Å². The fourth-order valence-corrected chi connectivity index (χ4v) is 3.61. The van der Waals surface area contributed by atoms with E-state index in [9.17, 15) is 4.79 Å². The summed E-state index contributed by atoms with van der Waals surface area (Å²) in [6.45, 7) is 7.82. The lowest BCUT2D eigenvalue weighted by Crippen LogP contribution is -2.35. The predicted octanol–water partition coefficient (Wildman–Crippen LogP) is 1.69. The quantitative estimate of drug-likeness (QED) is 0.919. The zero-order valence-electron chi connectivity index (χ0n) is 13.2.